The van der Waals surface area contributed by atoms with Crippen molar-refractivity contribution in [2.75, 3.05) is 13.1 Å². The highest BCUT2D eigenvalue weighted by molar-refractivity contribution is 8.02. The van der Waals surface area contributed by atoms with Gasteiger partial charge in [0, 0.05) is 24.9 Å². The van der Waals surface area contributed by atoms with Crippen LogP contribution in [-0.4, -0.2) is 38.8 Å². The fraction of sp³-hybridized carbons (Fsp3) is 0.417. The van der Waals surface area contributed by atoms with E-state index in [1.165, 1.54) is 34.2 Å². The molecule has 1 aromatic rings. The van der Waals surface area contributed by atoms with Gasteiger partial charge in [0.15, 0.2) is 4.34 Å². The van der Waals surface area contributed by atoms with Gasteiger partial charge < -0.3 is 10.0 Å². The van der Waals surface area contributed by atoms with E-state index in [9.17, 15) is 9.90 Å². The molecule has 0 bridgehead atoms. The Kier molecular flexibility index (Phi) is 9.66. The Bertz CT molecular complexity index is 856. The van der Waals surface area contributed by atoms with E-state index in [1.54, 1.807) is 13.8 Å². The Morgan fingerprint density at radius 3 is 2.87 bits per heavy atom. The van der Waals surface area contributed by atoms with Crippen LogP contribution in [0.3, 0.4) is 0 Å². The van der Waals surface area contributed by atoms with Gasteiger partial charge in [-0.2, -0.15) is 0 Å². The number of carboxylic acid groups (broad SMARTS) is 1. The number of hydrogen-bond donors (Lipinski definition) is 1. The van der Waals surface area contributed by atoms with Gasteiger partial charge in [-0.25, -0.2) is 4.98 Å². The topological polar surface area (TPSA) is 53.4 Å². The molecule has 162 valence electrons. The molecule has 0 amide bonds. The maximum atomic E-state index is 11.3. The predicted molar refractivity (Wildman–Crippen MR) is 129 cm³/mol. The van der Waals surface area contributed by atoms with Gasteiger partial charge in [0.2, 0.25) is 0 Å². The molecule has 0 aliphatic heterocycles. The van der Waals surface area contributed by atoms with Crippen molar-refractivity contribution in [2.24, 2.45) is 0 Å². The zero-order chi connectivity index (χ0) is 22.0. The van der Waals surface area contributed by atoms with E-state index in [0.717, 1.165) is 42.4 Å². The summed E-state index contributed by atoms with van der Waals surface area (Å²) in [5.41, 5.74) is 3.64. The molecule has 4 nitrogen and oxygen atoms in total. The first-order chi connectivity index (χ1) is 14.3. The normalized spacial score (nSPS) is 14.3. The molecule has 1 N–H and O–H groups in total. The van der Waals surface area contributed by atoms with Crippen molar-refractivity contribution in [1.29, 1.82) is 0 Å². The first kappa shape index (κ1) is 24.2. The van der Waals surface area contributed by atoms with Gasteiger partial charge in [0.05, 0.1) is 5.69 Å². The van der Waals surface area contributed by atoms with Gasteiger partial charge in [-0.3, -0.25) is 4.79 Å². The second-order valence-electron chi connectivity index (χ2n) is 7.96. The molecule has 2 rings (SSSR count). The number of rotatable bonds is 11. The third-order valence-electron chi connectivity index (χ3n) is 4.49. The van der Waals surface area contributed by atoms with Crippen molar-refractivity contribution >= 4 is 29.1 Å². The van der Waals surface area contributed by atoms with Gasteiger partial charge in [0.1, 0.15) is 4.75 Å². The largest absolute Gasteiger partial charge is 0.480 e. The maximum absolute atomic E-state index is 11.3. The SMILES string of the molecule is CC(C)=C/C=C/N(C/C=C/C1=CC=CCC1)CCc1csc(SC(C)(C)C(=O)O)n1. The fourth-order valence-electron chi connectivity index (χ4n) is 2.65. The number of aromatic nitrogens is 1. The molecule has 1 aliphatic rings. The minimum absolute atomic E-state index is 0.807. The van der Waals surface area contributed by atoms with Crippen LogP contribution in [0.25, 0.3) is 0 Å². The molecule has 1 aliphatic carbocycles. The number of aliphatic carboxylic acids is 1. The van der Waals surface area contributed by atoms with Crippen molar-refractivity contribution in [3.8, 4) is 0 Å². The minimum atomic E-state index is -0.873. The molecule has 0 radical (unpaired) electrons. The first-order valence-corrected chi connectivity index (χ1v) is 11.9. The lowest BCUT2D eigenvalue weighted by Gasteiger charge is -2.18. The molecule has 0 aromatic carbocycles. The average Bonchev–Trinajstić information content (AvgIpc) is 3.12. The van der Waals surface area contributed by atoms with E-state index in [2.05, 4.69) is 72.5 Å². The molecule has 6 heteroatoms. The number of hydrogen-bond acceptors (Lipinski definition) is 5. The number of allylic oxidation sites excluding steroid dienone is 8. The number of thioether (sulfide) groups is 1. The van der Waals surface area contributed by atoms with Crippen molar-refractivity contribution in [3.05, 3.63) is 71.0 Å². The van der Waals surface area contributed by atoms with Gasteiger partial charge in [0.25, 0.3) is 0 Å². The lowest BCUT2D eigenvalue weighted by molar-refractivity contribution is -0.138. The summed E-state index contributed by atoms with van der Waals surface area (Å²) in [7, 11) is 0. The molecule has 0 unspecified atom stereocenters. The van der Waals surface area contributed by atoms with Gasteiger partial charge in [-0.15, -0.1) is 11.3 Å². The molecule has 0 saturated carbocycles. The third kappa shape index (κ3) is 8.76. The standard InChI is InChI=1S/C24H32N2O2S2/c1-19(2)10-8-15-26(16-9-13-20-11-6-5-7-12-20)17-14-21-18-29-23(25-21)30-24(3,4)22(27)28/h5-6,8-11,13,15,18H,7,12,14,16-17H2,1-4H3,(H,27,28)/b13-9+,15-8+. The smallest absolute Gasteiger partial charge is 0.319 e. The van der Waals surface area contributed by atoms with Crippen LogP contribution in [0.1, 0.15) is 46.2 Å². The van der Waals surface area contributed by atoms with Crippen LogP contribution < -0.4 is 0 Å². The molecule has 1 aromatic heterocycles. The van der Waals surface area contributed by atoms with E-state index in [-0.39, 0.29) is 0 Å². The molecule has 0 spiro atoms. The summed E-state index contributed by atoms with van der Waals surface area (Å²) in [6.45, 7) is 9.29. The van der Waals surface area contributed by atoms with Crippen molar-refractivity contribution < 1.29 is 9.90 Å². The number of carbonyl (C=O) groups is 1. The van der Waals surface area contributed by atoms with Crippen LogP contribution in [0.4, 0.5) is 0 Å². The van der Waals surface area contributed by atoms with Gasteiger partial charge in [-0.1, -0.05) is 53.8 Å². The van der Waals surface area contributed by atoms with Gasteiger partial charge in [-0.05, 0) is 58.4 Å². The highest BCUT2D eigenvalue weighted by atomic mass is 32.2. The Labute approximate surface area is 188 Å². The van der Waals surface area contributed by atoms with Crippen molar-refractivity contribution in [3.63, 3.8) is 0 Å². The number of carboxylic acids is 1. The van der Waals surface area contributed by atoms with Crippen molar-refractivity contribution in [1.82, 2.24) is 9.88 Å². The Hall–Kier alpha value is -2.05. The second-order valence-corrected chi connectivity index (χ2v) is 10.7. The molecular formula is C24H32N2O2S2. The summed E-state index contributed by atoms with van der Waals surface area (Å²) >= 11 is 2.82. The van der Waals surface area contributed by atoms with Gasteiger partial charge >= 0.3 is 5.97 Å². The average molecular weight is 445 g/mol. The lowest BCUT2D eigenvalue weighted by atomic mass is 10.0. The minimum Gasteiger partial charge on any atom is -0.480 e. The van der Waals surface area contributed by atoms with Crippen LogP contribution in [0.15, 0.2) is 69.6 Å². The summed E-state index contributed by atoms with van der Waals surface area (Å²) in [6.07, 6.45) is 20.3. The summed E-state index contributed by atoms with van der Waals surface area (Å²) in [5.74, 6) is -0.824. The summed E-state index contributed by atoms with van der Waals surface area (Å²) < 4.78 is -0.0663. The third-order valence-corrected chi connectivity index (χ3v) is 6.66. The molecular weight excluding hydrogens is 412 g/mol. The number of thiazole rings is 1. The Morgan fingerprint density at radius 1 is 1.40 bits per heavy atom. The number of nitrogens with zero attached hydrogens (tertiary/aromatic N) is 2. The highest BCUT2D eigenvalue weighted by Crippen LogP contribution is 2.34. The molecule has 0 saturated heterocycles. The Morgan fingerprint density at radius 2 is 2.20 bits per heavy atom. The summed E-state index contributed by atoms with van der Waals surface area (Å²) in [4.78, 5) is 18.2. The van der Waals surface area contributed by atoms with Crippen molar-refractivity contribution in [2.45, 2.75) is 56.0 Å². The van der Waals surface area contributed by atoms with Crippen LogP contribution in [0.2, 0.25) is 0 Å². The molecule has 0 fully saturated rings. The Balaban J connectivity index is 1.96. The lowest BCUT2D eigenvalue weighted by Crippen LogP contribution is -2.26. The monoisotopic (exact) mass is 444 g/mol. The van der Waals surface area contributed by atoms with Crippen LogP contribution in [0, 0.1) is 0 Å². The van der Waals surface area contributed by atoms with E-state index in [0.29, 0.717) is 0 Å². The van der Waals surface area contributed by atoms with E-state index in [4.69, 9.17) is 0 Å². The molecule has 1 heterocycles. The second kappa shape index (κ2) is 12.0. The van der Waals surface area contributed by atoms with E-state index in [1.807, 2.05) is 5.38 Å². The zero-order valence-electron chi connectivity index (χ0n) is 18.3. The molecule has 0 atom stereocenters. The quantitative estimate of drug-likeness (QED) is 0.323. The van der Waals surface area contributed by atoms with E-state index >= 15 is 0 Å². The first-order valence-electron chi connectivity index (χ1n) is 10.2. The zero-order valence-corrected chi connectivity index (χ0v) is 19.9. The molecule has 30 heavy (non-hydrogen) atoms. The van der Waals surface area contributed by atoms with Crippen LogP contribution >= 0.6 is 23.1 Å². The summed E-state index contributed by atoms with van der Waals surface area (Å²) in [6, 6.07) is 0. The summed E-state index contributed by atoms with van der Waals surface area (Å²) in [5, 5.41) is 11.3. The van der Waals surface area contributed by atoms with E-state index < -0.39 is 10.7 Å². The predicted octanol–water partition coefficient (Wildman–Crippen LogP) is 6.26. The maximum Gasteiger partial charge on any atom is 0.319 e. The van der Waals surface area contributed by atoms with Crippen LogP contribution in [0.5, 0.6) is 0 Å². The fourth-order valence-corrected chi connectivity index (χ4v) is 4.88. The highest BCUT2D eigenvalue weighted by Gasteiger charge is 2.29. The van der Waals surface area contributed by atoms with Crippen LogP contribution in [-0.2, 0) is 11.2 Å².